The van der Waals surface area contributed by atoms with E-state index in [-0.39, 0.29) is 23.5 Å². The van der Waals surface area contributed by atoms with Crippen molar-refractivity contribution < 1.29 is 28.4 Å². The Morgan fingerprint density at radius 2 is 1.88 bits per heavy atom. The molecule has 2 aromatic carbocycles. The van der Waals surface area contributed by atoms with Gasteiger partial charge in [0.2, 0.25) is 0 Å². The zero-order valence-electron chi connectivity index (χ0n) is 18.6. The minimum absolute atomic E-state index is 0.0544. The first-order valence-electron chi connectivity index (χ1n) is 10.6. The van der Waals surface area contributed by atoms with Crippen LogP contribution in [0.3, 0.4) is 0 Å². The number of nitro groups is 1. The van der Waals surface area contributed by atoms with Crippen LogP contribution in [0, 0.1) is 15.9 Å². The van der Waals surface area contributed by atoms with Gasteiger partial charge in [0, 0.05) is 38.8 Å². The molecule has 1 amide bonds. The molecule has 1 heterocycles. The highest BCUT2D eigenvalue weighted by Crippen LogP contribution is 2.28. The van der Waals surface area contributed by atoms with Gasteiger partial charge in [0.1, 0.15) is 0 Å². The number of nitro benzene ring substituents is 1. The molecule has 0 atom stereocenters. The lowest BCUT2D eigenvalue weighted by atomic mass is 10.1. The lowest BCUT2D eigenvalue weighted by Gasteiger charge is -2.30. The summed E-state index contributed by atoms with van der Waals surface area (Å²) in [6.07, 6.45) is 3.00. The fourth-order valence-electron chi connectivity index (χ4n) is 3.70. The lowest BCUT2D eigenvalue weighted by Crippen LogP contribution is -2.32. The Kier molecular flexibility index (Phi) is 7.81. The number of likely N-dealkylation sites (N-methyl/N-ethyl adjacent to an activating group) is 1. The summed E-state index contributed by atoms with van der Waals surface area (Å²) in [7, 11) is 2.87. The molecule has 1 fully saturated rings. The van der Waals surface area contributed by atoms with Gasteiger partial charge in [-0.15, -0.1) is 0 Å². The van der Waals surface area contributed by atoms with E-state index >= 15 is 0 Å². The highest BCUT2D eigenvalue weighted by molar-refractivity contribution is 5.97. The number of amides is 1. The van der Waals surface area contributed by atoms with E-state index in [4.69, 9.17) is 9.47 Å². The number of piperidine rings is 1. The number of methoxy groups -OCH3 is 1. The number of non-ortho nitro benzene ring substituents is 1. The van der Waals surface area contributed by atoms with Crippen LogP contribution in [-0.2, 0) is 16.1 Å². The van der Waals surface area contributed by atoms with Crippen LogP contribution in [0.2, 0.25) is 0 Å². The second kappa shape index (κ2) is 10.8. The maximum atomic E-state index is 13.9. The van der Waals surface area contributed by atoms with E-state index in [1.165, 1.54) is 43.3 Å². The summed E-state index contributed by atoms with van der Waals surface area (Å²) in [5, 5.41) is 11.2. The van der Waals surface area contributed by atoms with Gasteiger partial charge in [0.25, 0.3) is 11.6 Å². The van der Waals surface area contributed by atoms with E-state index in [1.54, 1.807) is 12.1 Å². The Labute approximate surface area is 190 Å². The number of anilines is 1. The van der Waals surface area contributed by atoms with Crippen LogP contribution in [0.5, 0.6) is 5.75 Å². The average molecular weight is 459 g/mol. The van der Waals surface area contributed by atoms with Crippen LogP contribution >= 0.6 is 0 Å². The van der Waals surface area contributed by atoms with Crippen LogP contribution in [0.1, 0.15) is 35.2 Å². The number of rotatable bonds is 8. The summed E-state index contributed by atoms with van der Waals surface area (Å²) in [6.45, 7) is 1.03. The van der Waals surface area contributed by atoms with Gasteiger partial charge in [0.15, 0.2) is 18.2 Å². The standard InChI is InChI=1S/C23H26FN3O6/c1-25(14-16-6-9-21(32-2)19(24)12-16)22(28)15-33-23(29)18-13-17(27(30)31)7-8-20(18)26-10-4-3-5-11-26/h6-9,12-13H,3-5,10-11,14-15H2,1-2H3. The zero-order valence-corrected chi connectivity index (χ0v) is 18.6. The molecular formula is C23H26FN3O6. The number of hydrogen-bond donors (Lipinski definition) is 0. The monoisotopic (exact) mass is 459 g/mol. The topological polar surface area (TPSA) is 102 Å². The molecule has 0 aromatic heterocycles. The molecule has 1 aliphatic heterocycles. The highest BCUT2D eigenvalue weighted by atomic mass is 19.1. The van der Waals surface area contributed by atoms with Crippen molar-refractivity contribution >= 4 is 23.3 Å². The van der Waals surface area contributed by atoms with Crippen LogP contribution in [0.4, 0.5) is 15.8 Å². The summed E-state index contributed by atoms with van der Waals surface area (Å²) in [5.74, 6) is -1.75. The SMILES string of the molecule is COc1ccc(CN(C)C(=O)COC(=O)c2cc([N+](=O)[O-])ccc2N2CCCCC2)cc1F. The molecule has 9 nitrogen and oxygen atoms in total. The third kappa shape index (κ3) is 5.97. The molecule has 0 aliphatic carbocycles. The number of esters is 1. The quantitative estimate of drug-likeness (QED) is 0.338. The highest BCUT2D eigenvalue weighted by Gasteiger charge is 2.24. The van der Waals surface area contributed by atoms with Gasteiger partial charge in [-0.05, 0) is 43.0 Å². The minimum atomic E-state index is -0.809. The number of carbonyl (C=O) groups is 2. The first-order chi connectivity index (χ1) is 15.8. The Morgan fingerprint density at radius 1 is 1.15 bits per heavy atom. The van der Waals surface area contributed by atoms with E-state index in [1.807, 2.05) is 4.90 Å². The number of ether oxygens (including phenoxy) is 2. The van der Waals surface area contributed by atoms with E-state index in [0.717, 1.165) is 32.4 Å². The van der Waals surface area contributed by atoms with Crippen molar-refractivity contribution in [3.63, 3.8) is 0 Å². The van der Waals surface area contributed by atoms with Crippen LogP contribution < -0.4 is 9.64 Å². The Morgan fingerprint density at radius 3 is 2.52 bits per heavy atom. The van der Waals surface area contributed by atoms with Crippen molar-refractivity contribution in [1.29, 1.82) is 0 Å². The molecule has 0 unspecified atom stereocenters. The van der Waals surface area contributed by atoms with Crippen LogP contribution in [0.25, 0.3) is 0 Å². The fraction of sp³-hybridized carbons (Fsp3) is 0.391. The van der Waals surface area contributed by atoms with Crippen molar-refractivity contribution in [3.8, 4) is 5.75 Å². The van der Waals surface area contributed by atoms with Crippen LogP contribution in [0.15, 0.2) is 36.4 Å². The minimum Gasteiger partial charge on any atom is -0.494 e. The maximum Gasteiger partial charge on any atom is 0.341 e. The molecule has 0 radical (unpaired) electrons. The second-order valence-corrected chi connectivity index (χ2v) is 7.80. The van der Waals surface area contributed by atoms with Gasteiger partial charge in [0.05, 0.1) is 23.3 Å². The molecule has 0 saturated carbocycles. The summed E-state index contributed by atoms with van der Waals surface area (Å²) < 4.78 is 24.0. The smallest absolute Gasteiger partial charge is 0.341 e. The molecule has 0 bridgehead atoms. The summed E-state index contributed by atoms with van der Waals surface area (Å²) in [6, 6.07) is 8.45. The van der Waals surface area contributed by atoms with E-state index in [2.05, 4.69) is 0 Å². The number of benzene rings is 2. The van der Waals surface area contributed by atoms with Gasteiger partial charge in [-0.25, -0.2) is 9.18 Å². The van der Waals surface area contributed by atoms with Gasteiger partial charge in [-0.3, -0.25) is 14.9 Å². The van der Waals surface area contributed by atoms with E-state index in [9.17, 15) is 24.1 Å². The zero-order chi connectivity index (χ0) is 24.0. The number of halogens is 1. The molecule has 2 aromatic rings. The van der Waals surface area contributed by atoms with Crippen molar-refractivity contribution in [2.45, 2.75) is 25.8 Å². The summed E-state index contributed by atoms with van der Waals surface area (Å²) >= 11 is 0. The lowest BCUT2D eigenvalue weighted by molar-refractivity contribution is -0.384. The molecule has 3 rings (SSSR count). The number of hydrogen-bond acceptors (Lipinski definition) is 7. The molecule has 33 heavy (non-hydrogen) atoms. The third-order valence-electron chi connectivity index (χ3n) is 5.50. The average Bonchev–Trinajstić information content (AvgIpc) is 2.82. The summed E-state index contributed by atoms with van der Waals surface area (Å²) in [5.41, 5.74) is 0.924. The van der Waals surface area contributed by atoms with Gasteiger partial charge >= 0.3 is 5.97 Å². The van der Waals surface area contributed by atoms with Gasteiger partial charge in [-0.2, -0.15) is 0 Å². The Bertz CT molecular complexity index is 1040. The first kappa shape index (κ1) is 24.0. The molecule has 1 saturated heterocycles. The summed E-state index contributed by atoms with van der Waals surface area (Å²) in [4.78, 5) is 39.2. The Balaban J connectivity index is 1.67. The predicted molar refractivity (Wildman–Crippen MR) is 119 cm³/mol. The largest absolute Gasteiger partial charge is 0.494 e. The van der Waals surface area contributed by atoms with Crippen molar-refractivity contribution in [2.75, 3.05) is 38.8 Å². The van der Waals surface area contributed by atoms with Crippen molar-refractivity contribution in [3.05, 3.63) is 63.5 Å². The van der Waals surface area contributed by atoms with Crippen molar-refractivity contribution in [2.24, 2.45) is 0 Å². The predicted octanol–water partition coefficient (Wildman–Crippen LogP) is 3.55. The van der Waals surface area contributed by atoms with Gasteiger partial charge < -0.3 is 19.3 Å². The molecule has 0 N–H and O–H groups in total. The number of nitrogens with zero attached hydrogens (tertiary/aromatic N) is 3. The van der Waals surface area contributed by atoms with Crippen molar-refractivity contribution in [1.82, 2.24) is 4.90 Å². The molecule has 1 aliphatic rings. The first-order valence-corrected chi connectivity index (χ1v) is 10.6. The fourth-order valence-corrected chi connectivity index (χ4v) is 3.70. The third-order valence-corrected chi connectivity index (χ3v) is 5.50. The van der Waals surface area contributed by atoms with E-state index in [0.29, 0.717) is 11.3 Å². The maximum absolute atomic E-state index is 13.9. The Hall–Kier alpha value is -3.69. The normalized spacial score (nSPS) is 13.4. The van der Waals surface area contributed by atoms with E-state index < -0.39 is 29.2 Å². The second-order valence-electron chi connectivity index (χ2n) is 7.80. The van der Waals surface area contributed by atoms with Crippen LogP contribution in [-0.4, -0.2) is 55.6 Å². The number of carbonyl (C=O) groups excluding carboxylic acids is 2. The van der Waals surface area contributed by atoms with Gasteiger partial charge in [-0.1, -0.05) is 6.07 Å². The molecule has 176 valence electrons. The molecule has 10 heteroatoms. The molecule has 0 spiro atoms. The molecular weight excluding hydrogens is 433 g/mol.